The maximum atomic E-state index is 11.0. The van der Waals surface area contributed by atoms with E-state index in [1.165, 1.54) is 6.07 Å². The molecule has 20 heavy (non-hydrogen) atoms. The molecule has 0 bridgehead atoms. The third-order valence-electron chi connectivity index (χ3n) is 3.83. The first-order chi connectivity index (χ1) is 9.39. The molecule has 0 radical (unpaired) electrons. The summed E-state index contributed by atoms with van der Waals surface area (Å²) in [5, 5.41) is 24.6. The largest absolute Gasteiger partial charge is 0.388 e. The van der Waals surface area contributed by atoms with Gasteiger partial charge in [-0.2, -0.15) is 0 Å². The molecule has 0 spiro atoms. The van der Waals surface area contributed by atoms with Crippen LogP contribution in [0.1, 0.15) is 32.6 Å². The van der Waals surface area contributed by atoms with Crippen LogP contribution < -0.4 is 5.32 Å². The first kappa shape index (κ1) is 15.3. The van der Waals surface area contributed by atoms with Gasteiger partial charge < -0.3 is 10.4 Å². The summed E-state index contributed by atoms with van der Waals surface area (Å²) in [6.45, 7) is 2.48. The highest BCUT2D eigenvalue weighted by Gasteiger charge is 2.32. The first-order valence-electron chi connectivity index (χ1n) is 6.80. The Morgan fingerprint density at radius 2 is 2.35 bits per heavy atom. The third kappa shape index (κ3) is 3.70. The average molecular weight is 343 g/mol. The second-order valence-corrected chi connectivity index (χ2v) is 6.61. The van der Waals surface area contributed by atoms with Crippen LogP contribution in [0.5, 0.6) is 0 Å². The smallest absolute Gasteiger partial charge is 0.293 e. The van der Waals surface area contributed by atoms with Crippen molar-refractivity contribution in [3.63, 3.8) is 0 Å². The average Bonchev–Trinajstić information content (AvgIpc) is 2.37. The number of nitro benzene ring substituents is 1. The van der Waals surface area contributed by atoms with Crippen molar-refractivity contribution in [3.8, 4) is 0 Å². The van der Waals surface area contributed by atoms with Crippen molar-refractivity contribution in [2.24, 2.45) is 5.92 Å². The Kier molecular flexibility index (Phi) is 4.65. The predicted molar refractivity (Wildman–Crippen MR) is 81.9 cm³/mol. The number of nitrogens with zero attached hydrogens (tertiary/aromatic N) is 1. The fraction of sp³-hybridized carbons (Fsp3) is 0.571. The highest BCUT2D eigenvalue weighted by molar-refractivity contribution is 9.10. The molecule has 0 amide bonds. The lowest BCUT2D eigenvalue weighted by molar-refractivity contribution is -0.384. The van der Waals surface area contributed by atoms with E-state index in [0.29, 0.717) is 22.6 Å². The number of nitrogens with one attached hydrogen (secondary N) is 1. The van der Waals surface area contributed by atoms with E-state index in [2.05, 4.69) is 28.2 Å². The van der Waals surface area contributed by atoms with Crippen molar-refractivity contribution >= 4 is 27.3 Å². The van der Waals surface area contributed by atoms with Crippen molar-refractivity contribution in [1.82, 2.24) is 0 Å². The Labute approximate surface area is 126 Å². The van der Waals surface area contributed by atoms with Crippen LogP contribution in [0.2, 0.25) is 0 Å². The van der Waals surface area contributed by atoms with Gasteiger partial charge in [0, 0.05) is 17.1 Å². The lowest BCUT2D eigenvalue weighted by atomic mass is 9.79. The molecule has 1 aliphatic carbocycles. The fourth-order valence-corrected chi connectivity index (χ4v) is 3.21. The molecule has 6 heteroatoms. The molecular formula is C14H19BrN2O3. The first-order valence-corrected chi connectivity index (χ1v) is 7.59. The standard InChI is InChI=1S/C14H19BrN2O3/c1-10-3-2-6-14(18,8-10)9-16-12-5-4-11(15)7-13(12)17(19)20/h4-5,7,10,16,18H,2-3,6,8-9H2,1H3. The summed E-state index contributed by atoms with van der Waals surface area (Å²) in [6.07, 6.45) is 3.63. The minimum absolute atomic E-state index is 0.0202. The maximum Gasteiger partial charge on any atom is 0.293 e. The summed E-state index contributed by atoms with van der Waals surface area (Å²) in [6, 6.07) is 4.89. The summed E-state index contributed by atoms with van der Waals surface area (Å²) >= 11 is 3.23. The molecule has 1 aliphatic rings. The minimum Gasteiger partial charge on any atom is -0.388 e. The van der Waals surface area contributed by atoms with Gasteiger partial charge in [0.25, 0.3) is 5.69 Å². The van der Waals surface area contributed by atoms with Crippen LogP contribution in [0.3, 0.4) is 0 Å². The van der Waals surface area contributed by atoms with E-state index < -0.39 is 10.5 Å². The van der Waals surface area contributed by atoms with Crippen molar-refractivity contribution in [3.05, 3.63) is 32.8 Å². The van der Waals surface area contributed by atoms with E-state index in [0.717, 1.165) is 25.7 Å². The van der Waals surface area contributed by atoms with Gasteiger partial charge in [0.05, 0.1) is 10.5 Å². The van der Waals surface area contributed by atoms with Gasteiger partial charge in [0.15, 0.2) is 0 Å². The molecule has 1 aromatic carbocycles. The number of rotatable bonds is 4. The molecule has 0 heterocycles. The molecule has 1 fully saturated rings. The number of halogens is 1. The van der Waals surface area contributed by atoms with Gasteiger partial charge in [-0.15, -0.1) is 0 Å². The van der Waals surface area contributed by atoms with Crippen LogP contribution in [0.15, 0.2) is 22.7 Å². The Balaban J connectivity index is 2.09. The molecule has 110 valence electrons. The van der Waals surface area contributed by atoms with Gasteiger partial charge in [-0.25, -0.2) is 0 Å². The van der Waals surface area contributed by atoms with E-state index >= 15 is 0 Å². The fourth-order valence-electron chi connectivity index (χ4n) is 2.86. The molecule has 1 saturated carbocycles. The van der Waals surface area contributed by atoms with Crippen LogP contribution >= 0.6 is 15.9 Å². The SMILES string of the molecule is CC1CCCC(O)(CNc2ccc(Br)cc2[N+](=O)[O-])C1. The van der Waals surface area contributed by atoms with E-state index in [1.54, 1.807) is 12.1 Å². The molecule has 2 N–H and O–H groups in total. The quantitative estimate of drug-likeness (QED) is 0.645. The monoisotopic (exact) mass is 342 g/mol. The van der Waals surface area contributed by atoms with Gasteiger partial charge >= 0.3 is 0 Å². The number of hydrogen-bond acceptors (Lipinski definition) is 4. The van der Waals surface area contributed by atoms with Crippen molar-refractivity contribution in [2.75, 3.05) is 11.9 Å². The zero-order valence-electron chi connectivity index (χ0n) is 11.4. The molecule has 0 saturated heterocycles. The van der Waals surface area contributed by atoms with Crippen molar-refractivity contribution in [2.45, 2.75) is 38.2 Å². The Hall–Kier alpha value is -1.14. The topological polar surface area (TPSA) is 75.4 Å². The van der Waals surface area contributed by atoms with Gasteiger partial charge in [0.2, 0.25) is 0 Å². The molecule has 0 aliphatic heterocycles. The van der Waals surface area contributed by atoms with Crippen LogP contribution in [-0.4, -0.2) is 22.2 Å². The van der Waals surface area contributed by atoms with Crippen LogP contribution in [0.4, 0.5) is 11.4 Å². The lowest BCUT2D eigenvalue weighted by Gasteiger charge is -2.35. The Morgan fingerprint density at radius 3 is 3.00 bits per heavy atom. The van der Waals surface area contributed by atoms with E-state index in [9.17, 15) is 15.2 Å². The normalized spacial score (nSPS) is 26.2. The second-order valence-electron chi connectivity index (χ2n) is 5.70. The summed E-state index contributed by atoms with van der Waals surface area (Å²) in [7, 11) is 0. The molecule has 2 atom stereocenters. The number of hydrogen-bond donors (Lipinski definition) is 2. The van der Waals surface area contributed by atoms with Crippen molar-refractivity contribution < 1.29 is 10.0 Å². The number of anilines is 1. The molecule has 5 nitrogen and oxygen atoms in total. The highest BCUT2D eigenvalue weighted by Crippen LogP contribution is 2.34. The van der Waals surface area contributed by atoms with Gasteiger partial charge in [-0.1, -0.05) is 35.7 Å². The number of aliphatic hydroxyl groups is 1. The van der Waals surface area contributed by atoms with Crippen LogP contribution in [0, 0.1) is 16.0 Å². The minimum atomic E-state index is -0.765. The zero-order valence-corrected chi connectivity index (χ0v) is 13.0. The highest BCUT2D eigenvalue weighted by atomic mass is 79.9. The molecule has 0 aromatic heterocycles. The van der Waals surface area contributed by atoms with E-state index in [1.807, 2.05) is 0 Å². The summed E-state index contributed by atoms with van der Waals surface area (Å²) in [4.78, 5) is 10.6. The molecule has 2 rings (SSSR count). The van der Waals surface area contributed by atoms with Crippen molar-refractivity contribution in [1.29, 1.82) is 0 Å². The van der Waals surface area contributed by atoms with Crippen LogP contribution in [-0.2, 0) is 0 Å². The zero-order chi connectivity index (χ0) is 14.8. The summed E-state index contributed by atoms with van der Waals surface area (Å²) in [5.74, 6) is 0.496. The Bertz CT molecular complexity index is 509. The van der Waals surface area contributed by atoms with Crippen LogP contribution in [0.25, 0.3) is 0 Å². The lowest BCUT2D eigenvalue weighted by Crippen LogP contribution is -2.41. The summed E-state index contributed by atoms with van der Waals surface area (Å²) < 4.78 is 0.666. The number of nitro groups is 1. The second kappa shape index (κ2) is 6.10. The summed E-state index contributed by atoms with van der Waals surface area (Å²) in [5.41, 5.74) is -0.296. The molecule has 2 unspecified atom stereocenters. The maximum absolute atomic E-state index is 11.0. The molecule has 1 aromatic rings. The number of benzene rings is 1. The van der Waals surface area contributed by atoms with Gasteiger partial charge in [-0.05, 0) is 30.9 Å². The Morgan fingerprint density at radius 1 is 1.60 bits per heavy atom. The van der Waals surface area contributed by atoms with E-state index in [4.69, 9.17) is 0 Å². The molecular weight excluding hydrogens is 324 g/mol. The van der Waals surface area contributed by atoms with Gasteiger partial charge in [-0.3, -0.25) is 10.1 Å². The predicted octanol–water partition coefficient (Wildman–Crippen LogP) is 3.71. The van der Waals surface area contributed by atoms with Gasteiger partial charge in [0.1, 0.15) is 5.69 Å². The van der Waals surface area contributed by atoms with E-state index in [-0.39, 0.29) is 5.69 Å². The third-order valence-corrected chi connectivity index (χ3v) is 4.33.